The first-order chi connectivity index (χ1) is 8.40. The predicted octanol–water partition coefficient (Wildman–Crippen LogP) is 2.51. The summed E-state index contributed by atoms with van der Waals surface area (Å²) in [5, 5.41) is 0. The van der Waals surface area contributed by atoms with Gasteiger partial charge >= 0.3 is 0 Å². The molecule has 3 nitrogen and oxygen atoms in total. The standard InChI is InChI=1S/C13H17BrN2OS/c1-9(7-12(15)18)16(2)13(17)8-10-3-5-11(14)6-4-10/h3-6,9H,7-8H2,1-2H3,(H2,15,18). The van der Waals surface area contributed by atoms with Gasteiger partial charge in [-0.15, -0.1) is 0 Å². The molecule has 2 N–H and O–H groups in total. The molecule has 18 heavy (non-hydrogen) atoms. The van der Waals surface area contributed by atoms with E-state index in [9.17, 15) is 4.79 Å². The lowest BCUT2D eigenvalue weighted by Crippen LogP contribution is -2.38. The van der Waals surface area contributed by atoms with Crippen molar-refractivity contribution in [2.45, 2.75) is 25.8 Å². The van der Waals surface area contributed by atoms with Crippen LogP contribution in [0, 0.1) is 0 Å². The average Bonchev–Trinajstić information content (AvgIpc) is 2.30. The van der Waals surface area contributed by atoms with Crippen molar-refractivity contribution in [3.05, 3.63) is 34.3 Å². The summed E-state index contributed by atoms with van der Waals surface area (Å²) in [7, 11) is 1.78. The van der Waals surface area contributed by atoms with Crippen molar-refractivity contribution in [1.82, 2.24) is 4.90 Å². The summed E-state index contributed by atoms with van der Waals surface area (Å²) in [6, 6.07) is 7.77. The number of nitrogens with two attached hydrogens (primary N) is 1. The van der Waals surface area contributed by atoms with Gasteiger partial charge in [-0.05, 0) is 24.6 Å². The lowest BCUT2D eigenvalue weighted by molar-refractivity contribution is -0.130. The number of benzene rings is 1. The molecule has 1 aromatic rings. The van der Waals surface area contributed by atoms with Crippen molar-refractivity contribution in [2.24, 2.45) is 5.73 Å². The Morgan fingerprint density at radius 2 is 2.00 bits per heavy atom. The van der Waals surface area contributed by atoms with Crippen LogP contribution >= 0.6 is 28.1 Å². The molecular formula is C13H17BrN2OS. The second kappa shape index (κ2) is 6.85. The maximum atomic E-state index is 12.1. The zero-order valence-electron chi connectivity index (χ0n) is 10.5. The van der Waals surface area contributed by atoms with E-state index in [1.807, 2.05) is 31.2 Å². The van der Waals surface area contributed by atoms with E-state index in [4.69, 9.17) is 18.0 Å². The molecule has 5 heteroatoms. The third-order valence-corrected chi connectivity index (χ3v) is 3.52. The molecule has 0 radical (unpaired) electrons. The van der Waals surface area contributed by atoms with Crippen LogP contribution in [0.4, 0.5) is 0 Å². The highest BCUT2D eigenvalue weighted by atomic mass is 79.9. The SMILES string of the molecule is CC(CC(N)=S)N(C)C(=O)Cc1ccc(Br)cc1. The molecule has 0 heterocycles. The number of rotatable bonds is 5. The van der Waals surface area contributed by atoms with Gasteiger partial charge in [-0.25, -0.2) is 0 Å². The van der Waals surface area contributed by atoms with Crippen LogP contribution in [0.15, 0.2) is 28.7 Å². The second-order valence-electron chi connectivity index (χ2n) is 4.33. The minimum atomic E-state index is 0.0328. The quantitative estimate of drug-likeness (QED) is 0.845. The summed E-state index contributed by atoms with van der Waals surface area (Å²) in [6.45, 7) is 1.94. The van der Waals surface area contributed by atoms with Crippen LogP contribution in [0.5, 0.6) is 0 Å². The smallest absolute Gasteiger partial charge is 0.226 e. The summed E-state index contributed by atoms with van der Waals surface area (Å²) in [6.07, 6.45) is 0.948. The Morgan fingerprint density at radius 1 is 1.44 bits per heavy atom. The van der Waals surface area contributed by atoms with E-state index in [0.29, 0.717) is 17.8 Å². The Balaban J connectivity index is 2.59. The van der Waals surface area contributed by atoms with Crippen molar-refractivity contribution < 1.29 is 4.79 Å². The van der Waals surface area contributed by atoms with Gasteiger partial charge in [0.1, 0.15) is 0 Å². The van der Waals surface area contributed by atoms with Crippen LogP contribution in [0.1, 0.15) is 18.9 Å². The average molecular weight is 329 g/mol. The molecule has 0 aliphatic rings. The number of nitrogens with zero attached hydrogens (tertiary/aromatic N) is 1. The van der Waals surface area contributed by atoms with Gasteiger partial charge in [0.05, 0.1) is 11.4 Å². The molecule has 0 saturated carbocycles. The molecule has 0 aromatic heterocycles. The Kier molecular flexibility index (Phi) is 5.75. The van der Waals surface area contributed by atoms with Crippen LogP contribution in [0.25, 0.3) is 0 Å². The highest BCUT2D eigenvalue weighted by molar-refractivity contribution is 9.10. The number of carbonyl (C=O) groups is 1. The molecule has 0 aliphatic carbocycles. The van der Waals surface area contributed by atoms with Gasteiger partial charge in [-0.1, -0.05) is 40.3 Å². The van der Waals surface area contributed by atoms with Gasteiger partial charge in [-0.2, -0.15) is 0 Å². The van der Waals surface area contributed by atoms with Crippen molar-refractivity contribution in [3.63, 3.8) is 0 Å². The lowest BCUT2D eigenvalue weighted by atomic mass is 10.1. The van der Waals surface area contributed by atoms with Gasteiger partial charge in [0.15, 0.2) is 0 Å². The fraction of sp³-hybridized carbons (Fsp3) is 0.385. The molecule has 0 fully saturated rings. The summed E-state index contributed by atoms with van der Waals surface area (Å²) < 4.78 is 1.01. The Bertz CT molecular complexity index is 433. The number of likely N-dealkylation sites (N-methyl/N-ethyl adjacent to an activating group) is 1. The zero-order chi connectivity index (χ0) is 13.7. The van der Waals surface area contributed by atoms with Crippen LogP contribution in [-0.4, -0.2) is 28.9 Å². The van der Waals surface area contributed by atoms with Crippen LogP contribution in [-0.2, 0) is 11.2 Å². The van der Waals surface area contributed by atoms with Crippen molar-refractivity contribution >= 4 is 39.0 Å². The molecule has 1 amide bonds. The van der Waals surface area contributed by atoms with Gasteiger partial charge in [0.2, 0.25) is 5.91 Å². The van der Waals surface area contributed by atoms with E-state index in [1.54, 1.807) is 11.9 Å². The highest BCUT2D eigenvalue weighted by Crippen LogP contribution is 2.12. The number of amides is 1. The van der Waals surface area contributed by atoms with Gasteiger partial charge in [-0.3, -0.25) is 4.79 Å². The molecule has 1 atom stereocenters. The first-order valence-corrected chi connectivity index (χ1v) is 6.88. The van der Waals surface area contributed by atoms with Crippen LogP contribution in [0.2, 0.25) is 0 Å². The molecule has 1 unspecified atom stereocenters. The Labute approximate surface area is 121 Å². The molecule has 98 valence electrons. The van der Waals surface area contributed by atoms with E-state index < -0.39 is 0 Å². The van der Waals surface area contributed by atoms with E-state index in [2.05, 4.69) is 15.9 Å². The summed E-state index contributed by atoms with van der Waals surface area (Å²) >= 11 is 8.22. The van der Waals surface area contributed by atoms with Gasteiger partial charge < -0.3 is 10.6 Å². The van der Waals surface area contributed by atoms with Crippen LogP contribution in [0.3, 0.4) is 0 Å². The lowest BCUT2D eigenvalue weighted by Gasteiger charge is -2.24. The van der Waals surface area contributed by atoms with E-state index >= 15 is 0 Å². The molecule has 0 saturated heterocycles. The fourth-order valence-corrected chi connectivity index (χ4v) is 2.08. The number of carbonyl (C=O) groups excluding carboxylic acids is 1. The van der Waals surface area contributed by atoms with Gasteiger partial charge in [0, 0.05) is 24.0 Å². The van der Waals surface area contributed by atoms with E-state index in [1.165, 1.54) is 0 Å². The first kappa shape index (κ1) is 15.1. The topological polar surface area (TPSA) is 46.3 Å². The first-order valence-electron chi connectivity index (χ1n) is 5.68. The maximum Gasteiger partial charge on any atom is 0.226 e. The van der Waals surface area contributed by atoms with E-state index in [-0.39, 0.29) is 11.9 Å². The molecule has 0 aliphatic heterocycles. The Hall–Kier alpha value is -0.940. The summed E-state index contributed by atoms with van der Waals surface area (Å²) in [4.78, 5) is 14.2. The molecule has 0 spiro atoms. The summed E-state index contributed by atoms with van der Waals surface area (Å²) in [5.41, 5.74) is 6.49. The normalized spacial score (nSPS) is 11.9. The molecule has 1 aromatic carbocycles. The number of hydrogen-bond acceptors (Lipinski definition) is 2. The maximum absolute atomic E-state index is 12.1. The van der Waals surface area contributed by atoms with Crippen LogP contribution < -0.4 is 5.73 Å². The largest absolute Gasteiger partial charge is 0.393 e. The van der Waals surface area contributed by atoms with Crippen molar-refractivity contribution in [3.8, 4) is 0 Å². The third kappa shape index (κ3) is 4.74. The second-order valence-corrected chi connectivity index (χ2v) is 5.77. The fourth-order valence-electron chi connectivity index (χ4n) is 1.58. The number of hydrogen-bond donors (Lipinski definition) is 1. The van der Waals surface area contributed by atoms with Crippen molar-refractivity contribution in [1.29, 1.82) is 0 Å². The van der Waals surface area contributed by atoms with Gasteiger partial charge in [0.25, 0.3) is 0 Å². The van der Waals surface area contributed by atoms with E-state index in [0.717, 1.165) is 10.0 Å². The molecule has 1 rings (SSSR count). The Morgan fingerprint density at radius 3 is 2.50 bits per heavy atom. The summed E-state index contributed by atoms with van der Waals surface area (Å²) in [5.74, 6) is 0.0704. The van der Waals surface area contributed by atoms with Crippen molar-refractivity contribution in [2.75, 3.05) is 7.05 Å². The molecular weight excluding hydrogens is 312 g/mol. The highest BCUT2D eigenvalue weighted by Gasteiger charge is 2.16. The number of halogens is 1. The monoisotopic (exact) mass is 328 g/mol. The predicted molar refractivity (Wildman–Crippen MR) is 81.5 cm³/mol. The third-order valence-electron chi connectivity index (χ3n) is 2.82. The molecule has 0 bridgehead atoms. The minimum absolute atomic E-state index is 0.0328. The number of thiocarbonyl (C=S) groups is 1. The minimum Gasteiger partial charge on any atom is -0.393 e. The zero-order valence-corrected chi connectivity index (χ0v) is 12.9.